The molecule has 5 nitrogen and oxygen atoms in total. The van der Waals surface area contributed by atoms with Crippen LogP contribution in [0.1, 0.15) is 11.4 Å². The average Bonchev–Trinajstić information content (AvgIpc) is 2.42. The van der Waals surface area contributed by atoms with Crippen LogP contribution < -0.4 is 15.4 Å². The Morgan fingerprint density at radius 3 is 2.53 bits per heavy atom. The fraction of sp³-hybridized carbons (Fsp3) is 0.286. The van der Waals surface area contributed by atoms with Gasteiger partial charge in [0.2, 0.25) is 0 Å². The monoisotopic (exact) mass is 258 g/mol. The Morgan fingerprint density at radius 1 is 1.16 bits per heavy atom. The van der Waals surface area contributed by atoms with Gasteiger partial charge in [0.1, 0.15) is 23.2 Å². The van der Waals surface area contributed by atoms with Gasteiger partial charge in [-0.2, -0.15) is 0 Å². The van der Waals surface area contributed by atoms with E-state index in [0.29, 0.717) is 11.6 Å². The van der Waals surface area contributed by atoms with E-state index in [1.54, 1.807) is 7.11 Å². The van der Waals surface area contributed by atoms with Gasteiger partial charge in [-0.1, -0.05) is 12.1 Å². The lowest BCUT2D eigenvalue weighted by Gasteiger charge is -2.23. The molecule has 2 aromatic rings. The SMILES string of the molecule is COc1ccccc1N(C)c1nc(C)nc(N)c1C. The van der Waals surface area contributed by atoms with E-state index in [1.165, 1.54) is 0 Å². The number of nitrogens with two attached hydrogens (primary N) is 1. The molecule has 0 aliphatic heterocycles. The normalized spacial score (nSPS) is 10.3. The lowest BCUT2D eigenvalue weighted by Crippen LogP contribution is -2.16. The Labute approximate surface area is 113 Å². The van der Waals surface area contributed by atoms with Crippen molar-refractivity contribution in [2.45, 2.75) is 13.8 Å². The smallest absolute Gasteiger partial charge is 0.142 e. The van der Waals surface area contributed by atoms with Crippen molar-refractivity contribution in [3.8, 4) is 5.75 Å². The van der Waals surface area contributed by atoms with Crippen LogP contribution in [0.15, 0.2) is 24.3 Å². The highest BCUT2D eigenvalue weighted by molar-refractivity contribution is 5.70. The summed E-state index contributed by atoms with van der Waals surface area (Å²) >= 11 is 0. The maximum absolute atomic E-state index is 5.90. The number of rotatable bonds is 3. The van der Waals surface area contributed by atoms with E-state index >= 15 is 0 Å². The molecule has 0 aliphatic rings. The number of aryl methyl sites for hydroxylation is 1. The van der Waals surface area contributed by atoms with E-state index in [0.717, 1.165) is 22.8 Å². The maximum Gasteiger partial charge on any atom is 0.142 e. The molecule has 0 aliphatic carbocycles. The summed E-state index contributed by atoms with van der Waals surface area (Å²) in [6.45, 7) is 3.74. The zero-order valence-electron chi connectivity index (χ0n) is 11.6. The quantitative estimate of drug-likeness (QED) is 0.916. The second kappa shape index (κ2) is 5.14. The molecule has 0 radical (unpaired) electrons. The Kier molecular flexibility index (Phi) is 3.55. The zero-order valence-corrected chi connectivity index (χ0v) is 11.6. The topological polar surface area (TPSA) is 64.3 Å². The van der Waals surface area contributed by atoms with Crippen molar-refractivity contribution < 1.29 is 4.74 Å². The van der Waals surface area contributed by atoms with Crippen LogP contribution in [-0.2, 0) is 0 Å². The minimum Gasteiger partial charge on any atom is -0.495 e. The largest absolute Gasteiger partial charge is 0.495 e. The van der Waals surface area contributed by atoms with Gasteiger partial charge in [0.25, 0.3) is 0 Å². The summed E-state index contributed by atoms with van der Waals surface area (Å²) in [6.07, 6.45) is 0. The van der Waals surface area contributed by atoms with Crippen molar-refractivity contribution in [1.82, 2.24) is 9.97 Å². The highest BCUT2D eigenvalue weighted by Gasteiger charge is 2.15. The minimum atomic E-state index is 0.504. The molecule has 5 heteroatoms. The second-order valence-corrected chi connectivity index (χ2v) is 4.34. The molecular weight excluding hydrogens is 240 g/mol. The van der Waals surface area contributed by atoms with Gasteiger partial charge >= 0.3 is 0 Å². The summed E-state index contributed by atoms with van der Waals surface area (Å²) in [5.74, 6) is 2.73. The molecule has 2 N–H and O–H groups in total. The summed E-state index contributed by atoms with van der Waals surface area (Å²) in [7, 11) is 3.59. The van der Waals surface area contributed by atoms with Crippen LogP contribution in [0.4, 0.5) is 17.3 Å². The average molecular weight is 258 g/mol. The predicted molar refractivity (Wildman–Crippen MR) is 77.0 cm³/mol. The number of para-hydroxylation sites is 2. The number of benzene rings is 1. The molecule has 1 aromatic carbocycles. The fourth-order valence-electron chi connectivity index (χ4n) is 1.98. The zero-order chi connectivity index (χ0) is 14.0. The number of aromatic nitrogens is 2. The molecule has 0 amide bonds. The van der Waals surface area contributed by atoms with E-state index in [4.69, 9.17) is 10.5 Å². The van der Waals surface area contributed by atoms with Crippen molar-refractivity contribution in [1.29, 1.82) is 0 Å². The van der Waals surface area contributed by atoms with Crippen molar-refractivity contribution in [3.63, 3.8) is 0 Å². The summed E-state index contributed by atoms with van der Waals surface area (Å²) in [5, 5.41) is 0. The molecule has 0 atom stereocenters. The predicted octanol–water partition coefficient (Wildman–Crippen LogP) is 2.45. The summed E-state index contributed by atoms with van der Waals surface area (Å²) in [5.41, 5.74) is 7.69. The second-order valence-electron chi connectivity index (χ2n) is 4.34. The van der Waals surface area contributed by atoms with Crippen LogP contribution in [0.5, 0.6) is 5.75 Å². The standard InChI is InChI=1S/C14H18N4O/c1-9-13(15)16-10(2)17-14(9)18(3)11-7-5-6-8-12(11)19-4/h5-8H,1-4H3,(H2,15,16,17). The molecule has 100 valence electrons. The van der Waals surface area contributed by atoms with Crippen LogP contribution in [0, 0.1) is 13.8 Å². The van der Waals surface area contributed by atoms with E-state index < -0.39 is 0 Å². The molecule has 0 unspecified atom stereocenters. The molecule has 1 heterocycles. The summed E-state index contributed by atoms with van der Waals surface area (Å²) < 4.78 is 5.37. The van der Waals surface area contributed by atoms with Crippen LogP contribution in [-0.4, -0.2) is 24.1 Å². The number of methoxy groups -OCH3 is 1. The molecule has 0 bridgehead atoms. The lowest BCUT2D eigenvalue weighted by molar-refractivity contribution is 0.415. The first-order valence-corrected chi connectivity index (χ1v) is 6.02. The minimum absolute atomic E-state index is 0.504. The van der Waals surface area contributed by atoms with Crippen LogP contribution in [0.2, 0.25) is 0 Å². The Balaban J connectivity index is 2.53. The summed E-state index contributed by atoms with van der Waals surface area (Å²) in [4.78, 5) is 10.6. The molecule has 0 fully saturated rings. The van der Waals surface area contributed by atoms with Gasteiger partial charge < -0.3 is 15.4 Å². The van der Waals surface area contributed by atoms with Crippen LogP contribution >= 0.6 is 0 Å². The molecular formula is C14H18N4O. The van der Waals surface area contributed by atoms with Gasteiger partial charge in [-0.3, -0.25) is 0 Å². The van der Waals surface area contributed by atoms with Crippen LogP contribution in [0.3, 0.4) is 0 Å². The Hall–Kier alpha value is -2.30. The fourth-order valence-corrected chi connectivity index (χ4v) is 1.98. The van der Waals surface area contributed by atoms with Gasteiger partial charge in [0.05, 0.1) is 12.8 Å². The van der Waals surface area contributed by atoms with E-state index in [2.05, 4.69) is 9.97 Å². The molecule has 1 aromatic heterocycles. The highest BCUT2D eigenvalue weighted by atomic mass is 16.5. The van der Waals surface area contributed by atoms with Crippen molar-refractivity contribution in [3.05, 3.63) is 35.7 Å². The van der Waals surface area contributed by atoms with Crippen molar-refractivity contribution in [2.75, 3.05) is 24.8 Å². The van der Waals surface area contributed by atoms with Gasteiger partial charge in [-0.05, 0) is 26.0 Å². The van der Waals surface area contributed by atoms with Gasteiger partial charge in [-0.15, -0.1) is 0 Å². The first-order chi connectivity index (χ1) is 9.04. The number of hydrogen-bond donors (Lipinski definition) is 1. The first kappa shape index (κ1) is 13.1. The molecule has 0 saturated heterocycles. The number of ether oxygens (including phenoxy) is 1. The number of nitrogen functional groups attached to an aromatic ring is 1. The Morgan fingerprint density at radius 2 is 1.84 bits per heavy atom. The first-order valence-electron chi connectivity index (χ1n) is 6.02. The van der Waals surface area contributed by atoms with Gasteiger partial charge in [-0.25, -0.2) is 9.97 Å². The van der Waals surface area contributed by atoms with Gasteiger partial charge in [0.15, 0.2) is 0 Å². The maximum atomic E-state index is 5.90. The lowest BCUT2D eigenvalue weighted by atomic mass is 10.2. The number of anilines is 3. The third kappa shape index (κ3) is 2.45. The van der Waals surface area contributed by atoms with E-state index in [-0.39, 0.29) is 0 Å². The third-order valence-electron chi connectivity index (χ3n) is 3.03. The highest BCUT2D eigenvalue weighted by Crippen LogP contribution is 2.33. The van der Waals surface area contributed by atoms with Crippen LogP contribution in [0.25, 0.3) is 0 Å². The van der Waals surface area contributed by atoms with Gasteiger partial charge in [0, 0.05) is 12.6 Å². The van der Waals surface area contributed by atoms with Crippen molar-refractivity contribution >= 4 is 17.3 Å². The molecule has 2 rings (SSSR count). The molecule has 19 heavy (non-hydrogen) atoms. The number of hydrogen-bond acceptors (Lipinski definition) is 5. The van der Waals surface area contributed by atoms with E-state index in [9.17, 15) is 0 Å². The molecule has 0 spiro atoms. The third-order valence-corrected chi connectivity index (χ3v) is 3.03. The van der Waals surface area contributed by atoms with Crippen molar-refractivity contribution in [2.24, 2.45) is 0 Å². The number of nitrogens with zero attached hydrogens (tertiary/aromatic N) is 3. The molecule has 0 saturated carbocycles. The summed E-state index contributed by atoms with van der Waals surface area (Å²) in [6, 6.07) is 7.79. The Bertz CT molecular complexity index is 598. The van der Waals surface area contributed by atoms with E-state index in [1.807, 2.05) is 50.1 Å².